The maximum Gasteiger partial charge on any atom is 0.130 e. The molecule has 0 amide bonds. The van der Waals surface area contributed by atoms with E-state index in [9.17, 15) is 0 Å². The highest BCUT2D eigenvalue weighted by atomic mass is 15.2. The molecule has 2 heterocycles. The Balaban J connectivity index is 2.12. The quantitative estimate of drug-likeness (QED) is 0.847. The zero-order valence-corrected chi connectivity index (χ0v) is 10.5. The summed E-state index contributed by atoms with van der Waals surface area (Å²) < 4.78 is 0. The Morgan fingerprint density at radius 3 is 2.88 bits per heavy atom. The average molecular weight is 219 g/mol. The van der Waals surface area contributed by atoms with Gasteiger partial charge in [-0.1, -0.05) is 19.9 Å². The lowest BCUT2D eigenvalue weighted by Gasteiger charge is -2.21. The lowest BCUT2D eigenvalue weighted by Crippen LogP contribution is -2.23. The smallest absolute Gasteiger partial charge is 0.130 e. The number of hydrogen-bond acceptors (Lipinski definition) is 3. The number of nitrogens with one attached hydrogen (secondary N) is 1. The van der Waals surface area contributed by atoms with E-state index in [1.807, 2.05) is 6.07 Å². The average Bonchev–Trinajstić information content (AvgIpc) is 2.60. The molecule has 16 heavy (non-hydrogen) atoms. The van der Waals surface area contributed by atoms with Crippen molar-refractivity contribution in [2.45, 2.75) is 27.2 Å². The van der Waals surface area contributed by atoms with Crippen LogP contribution in [-0.4, -0.2) is 24.6 Å². The van der Waals surface area contributed by atoms with Crippen molar-refractivity contribution in [2.75, 3.05) is 29.9 Å². The summed E-state index contributed by atoms with van der Waals surface area (Å²) in [5.74, 6) is 2.08. The fraction of sp³-hybridized carbons (Fsp3) is 0.615. The molecule has 1 aliphatic heterocycles. The molecular weight excluding hydrogens is 198 g/mol. The largest absolute Gasteiger partial charge is 0.370 e. The van der Waals surface area contributed by atoms with Crippen LogP contribution in [0.15, 0.2) is 18.2 Å². The number of pyridine rings is 1. The van der Waals surface area contributed by atoms with Gasteiger partial charge in [-0.3, -0.25) is 0 Å². The third-order valence-corrected chi connectivity index (χ3v) is 3.09. The molecule has 1 aliphatic rings. The van der Waals surface area contributed by atoms with Crippen molar-refractivity contribution >= 4 is 11.6 Å². The molecule has 3 heteroatoms. The minimum absolute atomic E-state index is 0.426. The zero-order chi connectivity index (χ0) is 11.6. The van der Waals surface area contributed by atoms with Crippen LogP contribution in [0.3, 0.4) is 0 Å². The van der Waals surface area contributed by atoms with E-state index < -0.39 is 0 Å². The van der Waals surface area contributed by atoms with Gasteiger partial charge in [0.15, 0.2) is 0 Å². The van der Waals surface area contributed by atoms with Crippen LogP contribution in [0.25, 0.3) is 0 Å². The van der Waals surface area contributed by atoms with Crippen LogP contribution in [0.2, 0.25) is 0 Å². The van der Waals surface area contributed by atoms with E-state index in [0.29, 0.717) is 5.41 Å². The van der Waals surface area contributed by atoms with Crippen LogP contribution in [0.1, 0.15) is 27.2 Å². The van der Waals surface area contributed by atoms with E-state index in [-0.39, 0.29) is 0 Å². The second-order valence-corrected chi connectivity index (χ2v) is 5.25. The van der Waals surface area contributed by atoms with Crippen molar-refractivity contribution in [1.29, 1.82) is 0 Å². The fourth-order valence-corrected chi connectivity index (χ4v) is 2.19. The molecule has 1 fully saturated rings. The van der Waals surface area contributed by atoms with Crippen molar-refractivity contribution in [3.8, 4) is 0 Å². The topological polar surface area (TPSA) is 28.2 Å². The van der Waals surface area contributed by atoms with E-state index in [0.717, 1.165) is 31.3 Å². The number of rotatable bonds is 3. The molecule has 1 saturated heterocycles. The zero-order valence-electron chi connectivity index (χ0n) is 10.5. The lowest BCUT2D eigenvalue weighted by molar-refractivity contribution is 0.418. The molecule has 3 nitrogen and oxygen atoms in total. The Kier molecular flexibility index (Phi) is 3.03. The molecule has 0 aromatic carbocycles. The van der Waals surface area contributed by atoms with E-state index >= 15 is 0 Å². The summed E-state index contributed by atoms with van der Waals surface area (Å²) in [4.78, 5) is 7.00. The maximum atomic E-state index is 4.62. The van der Waals surface area contributed by atoms with Gasteiger partial charge in [0.2, 0.25) is 0 Å². The molecule has 0 unspecified atom stereocenters. The van der Waals surface area contributed by atoms with Crippen molar-refractivity contribution in [2.24, 2.45) is 5.41 Å². The third-order valence-electron chi connectivity index (χ3n) is 3.09. The van der Waals surface area contributed by atoms with Gasteiger partial charge >= 0.3 is 0 Å². The van der Waals surface area contributed by atoms with Crippen molar-refractivity contribution < 1.29 is 0 Å². The normalized spacial score (nSPS) is 18.8. The highest BCUT2D eigenvalue weighted by Gasteiger charge is 2.29. The van der Waals surface area contributed by atoms with Crippen LogP contribution in [0, 0.1) is 5.41 Å². The van der Waals surface area contributed by atoms with Gasteiger partial charge in [0.05, 0.1) is 0 Å². The summed E-state index contributed by atoms with van der Waals surface area (Å²) in [6, 6.07) is 6.20. The van der Waals surface area contributed by atoms with Gasteiger partial charge in [0.25, 0.3) is 0 Å². The summed E-state index contributed by atoms with van der Waals surface area (Å²) in [6.45, 7) is 9.88. The molecule has 0 spiro atoms. The fourth-order valence-electron chi connectivity index (χ4n) is 2.19. The standard InChI is InChI=1S/C13H21N3/c1-4-14-11-6-5-7-12(15-11)16-9-8-13(2,3)10-16/h5-7H,4,8-10H2,1-3H3,(H,14,15). The second kappa shape index (κ2) is 4.32. The predicted octanol–water partition coefficient (Wildman–Crippen LogP) is 2.75. The lowest BCUT2D eigenvalue weighted by atomic mass is 9.93. The van der Waals surface area contributed by atoms with Gasteiger partial charge < -0.3 is 10.2 Å². The van der Waals surface area contributed by atoms with Gasteiger partial charge in [0, 0.05) is 19.6 Å². The first kappa shape index (κ1) is 11.2. The van der Waals surface area contributed by atoms with Crippen LogP contribution >= 0.6 is 0 Å². The van der Waals surface area contributed by atoms with Crippen LogP contribution in [-0.2, 0) is 0 Å². The molecule has 0 aliphatic carbocycles. The van der Waals surface area contributed by atoms with E-state index in [2.05, 4.69) is 48.1 Å². The third kappa shape index (κ3) is 2.46. The molecule has 0 saturated carbocycles. The highest BCUT2D eigenvalue weighted by molar-refractivity contribution is 5.47. The molecule has 88 valence electrons. The summed E-state index contributed by atoms with van der Waals surface area (Å²) in [6.07, 6.45) is 1.25. The molecule has 0 bridgehead atoms. The first-order valence-electron chi connectivity index (χ1n) is 6.07. The molecule has 1 aromatic heterocycles. The first-order chi connectivity index (χ1) is 7.61. The summed E-state index contributed by atoms with van der Waals surface area (Å²) in [5, 5.41) is 3.25. The monoisotopic (exact) mass is 219 g/mol. The number of aromatic nitrogens is 1. The van der Waals surface area contributed by atoms with E-state index in [1.165, 1.54) is 6.42 Å². The molecule has 0 radical (unpaired) electrons. The van der Waals surface area contributed by atoms with Gasteiger partial charge in [-0.15, -0.1) is 0 Å². The van der Waals surface area contributed by atoms with Crippen LogP contribution in [0.5, 0.6) is 0 Å². The Hall–Kier alpha value is -1.25. The van der Waals surface area contributed by atoms with Crippen molar-refractivity contribution in [3.05, 3.63) is 18.2 Å². The highest BCUT2D eigenvalue weighted by Crippen LogP contribution is 2.31. The predicted molar refractivity (Wildman–Crippen MR) is 69.0 cm³/mol. The molecule has 2 rings (SSSR count). The van der Waals surface area contributed by atoms with E-state index in [1.54, 1.807) is 0 Å². The molecular formula is C13H21N3. The minimum atomic E-state index is 0.426. The SMILES string of the molecule is CCNc1cccc(N2CCC(C)(C)C2)n1. The Labute approximate surface area is 97.9 Å². The summed E-state index contributed by atoms with van der Waals surface area (Å²) in [5.41, 5.74) is 0.426. The van der Waals surface area contributed by atoms with Crippen molar-refractivity contribution in [3.63, 3.8) is 0 Å². The summed E-state index contributed by atoms with van der Waals surface area (Å²) >= 11 is 0. The molecule has 1 aromatic rings. The molecule has 0 atom stereocenters. The molecule has 1 N–H and O–H groups in total. The van der Waals surface area contributed by atoms with Gasteiger partial charge in [0.1, 0.15) is 11.6 Å². The Bertz CT molecular complexity index is 360. The van der Waals surface area contributed by atoms with E-state index in [4.69, 9.17) is 0 Å². The number of anilines is 2. The Morgan fingerprint density at radius 1 is 1.44 bits per heavy atom. The van der Waals surface area contributed by atoms with Crippen LogP contribution < -0.4 is 10.2 Å². The van der Waals surface area contributed by atoms with Gasteiger partial charge in [-0.25, -0.2) is 4.98 Å². The van der Waals surface area contributed by atoms with Gasteiger partial charge in [-0.2, -0.15) is 0 Å². The number of nitrogens with zero attached hydrogens (tertiary/aromatic N) is 2. The van der Waals surface area contributed by atoms with Crippen molar-refractivity contribution in [1.82, 2.24) is 4.98 Å². The first-order valence-corrected chi connectivity index (χ1v) is 6.07. The minimum Gasteiger partial charge on any atom is -0.370 e. The Morgan fingerprint density at radius 2 is 2.25 bits per heavy atom. The summed E-state index contributed by atoms with van der Waals surface area (Å²) in [7, 11) is 0. The second-order valence-electron chi connectivity index (χ2n) is 5.25. The van der Waals surface area contributed by atoms with Crippen LogP contribution in [0.4, 0.5) is 11.6 Å². The number of hydrogen-bond donors (Lipinski definition) is 1. The van der Waals surface area contributed by atoms with Gasteiger partial charge in [-0.05, 0) is 30.9 Å². The maximum absolute atomic E-state index is 4.62.